The van der Waals surface area contributed by atoms with Crippen molar-refractivity contribution in [3.63, 3.8) is 0 Å². The Morgan fingerprint density at radius 1 is 1.28 bits per heavy atom. The van der Waals surface area contributed by atoms with Crippen LogP contribution in [-0.4, -0.2) is 53.6 Å². The molecule has 0 saturated carbocycles. The van der Waals surface area contributed by atoms with Crippen molar-refractivity contribution >= 4 is 28.1 Å². The molecule has 2 aromatic rings. The van der Waals surface area contributed by atoms with E-state index in [4.69, 9.17) is 17.0 Å². The molecule has 9 nitrogen and oxygen atoms in total. The first kappa shape index (κ1) is 21.5. The van der Waals surface area contributed by atoms with E-state index in [1.165, 1.54) is 23.5 Å². The molecule has 1 aliphatic rings. The maximum atomic E-state index is 13.2. The summed E-state index contributed by atoms with van der Waals surface area (Å²) < 4.78 is 35.3. The fourth-order valence-electron chi connectivity index (χ4n) is 3.24. The lowest BCUT2D eigenvalue weighted by atomic mass is 10.2. The van der Waals surface area contributed by atoms with E-state index in [1.54, 1.807) is 17.7 Å². The standard InChI is InChI=1S/C18H25N5O4S2/c1-22-16(20-21-18(22)28)12-19-17(24)13-7-8-14(27-2)15(11-13)29(25,26)23-9-5-3-4-6-10-23/h7-8,11H,3-6,9-10,12H2,1-2H3,(H,19,24)(H,21,28). The van der Waals surface area contributed by atoms with Gasteiger partial charge in [-0.2, -0.15) is 9.40 Å². The number of benzene rings is 1. The molecule has 1 saturated heterocycles. The number of nitrogens with one attached hydrogen (secondary N) is 2. The first-order valence-corrected chi connectivity index (χ1v) is 11.3. The maximum absolute atomic E-state index is 13.2. The zero-order valence-electron chi connectivity index (χ0n) is 16.5. The summed E-state index contributed by atoms with van der Waals surface area (Å²) in [7, 11) is -0.602. The third-order valence-corrected chi connectivity index (χ3v) is 7.27. The summed E-state index contributed by atoms with van der Waals surface area (Å²) >= 11 is 5.05. The molecule has 0 unspecified atom stereocenters. The molecule has 0 radical (unpaired) electrons. The van der Waals surface area contributed by atoms with Crippen molar-refractivity contribution in [1.82, 2.24) is 24.4 Å². The molecule has 0 aliphatic carbocycles. The molecule has 3 rings (SSSR count). The topological polar surface area (TPSA) is 109 Å². The van der Waals surface area contributed by atoms with Crippen LogP contribution in [0.5, 0.6) is 5.75 Å². The normalized spacial score (nSPS) is 15.7. The Kier molecular flexibility index (Phi) is 6.70. The van der Waals surface area contributed by atoms with Crippen LogP contribution in [-0.2, 0) is 23.6 Å². The monoisotopic (exact) mass is 439 g/mol. The number of carbonyl (C=O) groups is 1. The van der Waals surface area contributed by atoms with Crippen LogP contribution in [0, 0.1) is 4.77 Å². The average molecular weight is 440 g/mol. The van der Waals surface area contributed by atoms with Crippen LogP contribution in [0.4, 0.5) is 0 Å². The molecule has 1 aliphatic heterocycles. The van der Waals surface area contributed by atoms with Crippen molar-refractivity contribution in [3.8, 4) is 5.75 Å². The zero-order chi connectivity index (χ0) is 21.0. The van der Waals surface area contributed by atoms with Crippen molar-refractivity contribution in [2.75, 3.05) is 20.2 Å². The quantitative estimate of drug-likeness (QED) is 0.666. The molecule has 2 heterocycles. The Morgan fingerprint density at radius 3 is 2.55 bits per heavy atom. The number of hydrogen-bond donors (Lipinski definition) is 2. The van der Waals surface area contributed by atoms with Crippen molar-refractivity contribution in [2.24, 2.45) is 7.05 Å². The molecule has 1 fully saturated rings. The van der Waals surface area contributed by atoms with Crippen molar-refractivity contribution in [2.45, 2.75) is 37.1 Å². The van der Waals surface area contributed by atoms with Gasteiger partial charge in [-0.15, -0.1) is 0 Å². The third kappa shape index (κ3) is 4.68. The van der Waals surface area contributed by atoms with Crippen molar-refractivity contribution in [3.05, 3.63) is 34.4 Å². The minimum absolute atomic E-state index is 0.00715. The molecule has 11 heteroatoms. The molecule has 1 aromatic carbocycles. The molecule has 0 spiro atoms. The van der Waals surface area contributed by atoms with E-state index in [0.29, 0.717) is 23.7 Å². The van der Waals surface area contributed by atoms with Crippen LogP contribution in [0.25, 0.3) is 0 Å². The van der Waals surface area contributed by atoms with Gasteiger partial charge in [0.2, 0.25) is 10.0 Å². The molecule has 1 aromatic heterocycles. The number of rotatable bonds is 6. The highest BCUT2D eigenvalue weighted by atomic mass is 32.2. The summed E-state index contributed by atoms with van der Waals surface area (Å²) in [5, 5.41) is 9.43. The number of ether oxygens (including phenoxy) is 1. The number of amides is 1. The second-order valence-electron chi connectivity index (χ2n) is 6.87. The van der Waals surface area contributed by atoms with Gasteiger partial charge in [0.25, 0.3) is 5.91 Å². The Morgan fingerprint density at radius 2 is 1.97 bits per heavy atom. The average Bonchev–Trinajstić information content (AvgIpc) is 2.93. The highest BCUT2D eigenvalue weighted by Crippen LogP contribution is 2.29. The van der Waals surface area contributed by atoms with Gasteiger partial charge in [-0.1, -0.05) is 12.8 Å². The second-order valence-corrected chi connectivity index (χ2v) is 9.16. The predicted octanol–water partition coefficient (Wildman–Crippen LogP) is 1.98. The molecule has 0 atom stereocenters. The molecule has 29 heavy (non-hydrogen) atoms. The van der Waals surface area contributed by atoms with Gasteiger partial charge >= 0.3 is 0 Å². The number of aromatic amines is 1. The van der Waals surface area contributed by atoms with E-state index >= 15 is 0 Å². The Bertz CT molecular complexity index is 1040. The number of methoxy groups -OCH3 is 1. The summed E-state index contributed by atoms with van der Waals surface area (Å²) in [4.78, 5) is 12.6. The van der Waals surface area contributed by atoms with Crippen LogP contribution in [0.15, 0.2) is 23.1 Å². The van der Waals surface area contributed by atoms with E-state index in [9.17, 15) is 13.2 Å². The van der Waals surface area contributed by atoms with Crippen LogP contribution in [0.3, 0.4) is 0 Å². The van der Waals surface area contributed by atoms with E-state index in [1.807, 2.05) is 0 Å². The highest BCUT2D eigenvalue weighted by molar-refractivity contribution is 7.89. The Labute approximate surface area is 175 Å². The van der Waals surface area contributed by atoms with E-state index in [-0.39, 0.29) is 22.8 Å². The summed E-state index contributed by atoms with van der Waals surface area (Å²) in [6, 6.07) is 4.42. The summed E-state index contributed by atoms with van der Waals surface area (Å²) in [5.41, 5.74) is 0.232. The highest BCUT2D eigenvalue weighted by Gasteiger charge is 2.29. The van der Waals surface area contributed by atoms with Crippen LogP contribution in [0.2, 0.25) is 0 Å². The summed E-state index contributed by atoms with van der Waals surface area (Å²) in [6.07, 6.45) is 3.69. The predicted molar refractivity (Wildman–Crippen MR) is 110 cm³/mol. The summed E-state index contributed by atoms with van der Waals surface area (Å²) in [6.45, 7) is 1.10. The van der Waals surface area contributed by atoms with Gasteiger partial charge in [0, 0.05) is 25.7 Å². The number of hydrogen-bond acceptors (Lipinski definition) is 6. The van der Waals surface area contributed by atoms with Crippen LogP contribution in [0.1, 0.15) is 41.9 Å². The third-order valence-electron chi connectivity index (χ3n) is 4.99. The van der Waals surface area contributed by atoms with Gasteiger partial charge < -0.3 is 14.6 Å². The Hall–Kier alpha value is -2.24. The minimum atomic E-state index is -3.76. The van der Waals surface area contributed by atoms with Crippen molar-refractivity contribution < 1.29 is 17.9 Å². The largest absolute Gasteiger partial charge is 0.495 e. The smallest absolute Gasteiger partial charge is 0.251 e. The fourth-order valence-corrected chi connectivity index (χ4v) is 5.09. The SMILES string of the molecule is COc1ccc(C(=O)NCc2n[nH]c(=S)n2C)cc1S(=O)(=O)N1CCCCCC1. The number of aromatic nitrogens is 3. The molecular weight excluding hydrogens is 414 g/mol. The lowest BCUT2D eigenvalue weighted by molar-refractivity contribution is 0.0949. The number of nitrogens with zero attached hydrogens (tertiary/aromatic N) is 3. The number of sulfonamides is 1. The fraction of sp³-hybridized carbons (Fsp3) is 0.500. The zero-order valence-corrected chi connectivity index (χ0v) is 18.1. The number of carbonyl (C=O) groups excluding carboxylic acids is 1. The van der Waals surface area contributed by atoms with Gasteiger partial charge in [0.05, 0.1) is 13.7 Å². The molecule has 0 bridgehead atoms. The molecule has 158 valence electrons. The molecular formula is C18H25N5O4S2. The Balaban J connectivity index is 1.85. The van der Waals surface area contributed by atoms with E-state index in [0.717, 1.165) is 25.7 Å². The first-order chi connectivity index (χ1) is 13.8. The van der Waals surface area contributed by atoms with Crippen LogP contribution >= 0.6 is 12.2 Å². The first-order valence-electron chi connectivity index (χ1n) is 9.41. The van der Waals surface area contributed by atoms with E-state index < -0.39 is 15.9 Å². The maximum Gasteiger partial charge on any atom is 0.251 e. The number of H-pyrrole nitrogens is 1. The lowest BCUT2D eigenvalue weighted by Crippen LogP contribution is -2.32. The van der Waals surface area contributed by atoms with Crippen LogP contribution < -0.4 is 10.1 Å². The molecule has 1 amide bonds. The summed E-state index contributed by atoms with van der Waals surface area (Å²) in [5.74, 6) is 0.378. The van der Waals surface area contributed by atoms with Gasteiger partial charge in [0.1, 0.15) is 10.6 Å². The van der Waals surface area contributed by atoms with Gasteiger partial charge in [-0.05, 0) is 43.3 Å². The second kappa shape index (κ2) is 9.06. The van der Waals surface area contributed by atoms with Gasteiger partial charge in [0.15, 0.2) is 10.6 Å². The van der Waals surface area contributed by atoms with E-state index in [2.05, 4.69) is 15.5 Å². The minimum Gasteiger partial charge on any atom is -0.495 e. The lowest BCUT2D eigenvalue weighted by Gasteiger charge is -2.21. The van der Waals surface area contributed by atoms with Gasteiger partial charge in [-0.3, -0.25) is 9.89 Å². The van der Waals surface area contributed by atoms with Crippen molar-refractivity contribution in [1.29, 1.82) is 0 Å². The van der Waals surface area contributed by atoms with Gasteiger partial charge in [-0.25, -0.2) is 8.42 Å². The molecule has 2 N–H and O–H groups in total.